The zero-order valence-electron chi connectivity index (χ0n) is 13.8. The standard InChI is InChI=1S/C18H25ClN2OS/c1-21(2)18(22)15-4-3-14(10-17(15)19)23-11-13-9-16(13)12-5-7-20-8-6-12/h3-4,10,12-13,16,20H,5-9,11H2,1-2H3/t13-,16+/m0/s1. The van der Waals surface area contributed by atoms with Crippen molar-refractivity contribution in [1.29, 1.82) is 0 Å². The Bertz CT molecular complexity index is 572. The van der Waals surface area contributed by atoms with E-state index in [-0.39, 0.29) is 5.91 Å². The van der Waals surface area contributed by atoms with E-state index in [0.29, 0.717) is 10.6 Å². The Morgan fingerprint density at radius 3 is 2.74 bits per heavy atom. The van der Waals surface area contributed by atoms with Crippen molar-refractivity contribution in [3.8, 4) is 0 Å². The number of benzene rings is 1. The third-order valence-electron chi connectivity index (χ3n) is 5.01. The van der Waals surface area contributed by atoms with Gasteiger partial charge in [0.2, 0.25) is 0 Å². The average molecular weight is 353 g/mol. The molecule has 1 saturated carbocycles. The quantitative estimate of drug-likeness (QED) is 0.819. The van der Waals surface area contributed by atoms with Crippen LogP contribution in [0.1, 0.15) is 29.6 Å². The summed E-state index contributed by atoms with van der Waals surface area (Å²) in [5.41, 5.74) is 0.583. The molecular formula is C18H25ClN2OS. The first kappa shape index (κ1) is 17.1. The summed E-state index contributed by atoms with van der Waals surface area (Å²) < 4.78 is 0. The number of hydrogen-bond acceptors (Lipinski definition) is 3. The summed E-state index contributed by atoms with van der Waals surface area (Å²) in [6.45, 7) is 2.38. The number of rotatable bonds is 5. The van der Waals surface area contributed by atoms with Gasteiger partial charge in [0.05, 0.1) is 10.6 Å². The highest BCUT2D eigenvalue weighted by atomic mass is 35.5. The Balaban J connectivity index is 1.51. The molecule has 0 unspecified atom stereocenters. The second kappa shape index (κ2) is 7.45. The van der Waals surface area contributed by atoms with Crippen LogP contribution in [0.5, 0.6) is 0 Å². The molecule has 23 heavy (non-hydrogen) atoms. The third kappa shape index (κ3) is 4.23. The summed E-state index contributed by atoms with van der Waals surface area (Å²) in [6.07, 6.45) is 4.08. The van der Waals surface area contributed by atoms with Crippen molar-refractivity contribution in [2.45, 2.75) is 24.2 Å². The van der Waals surface area contributed by atoms with E-state index < -0.39 is 0 Å². The smallest absolute Gasteiger partial charge is 0.254 e. The van der Waals surface area contributed by atoms with Crippen LogP contribution in [0, 0.1) is 17.8 Å². The van der Waals surface area contributed by atoms with E-state index in [1.165, 1.54) is 43.0 Å². The fraction of sp³-hybridized carbons (Fsp3) is 0.611. The molecule has 3 nitrogen and oxygen atoms in total. The molecule has 1 N–H and O–H groups in total. The Hall–Kier alpha value is -0.710. The fourth-order valence-corrected chi connectivity index (χ4v) is 5.00. The number of nitrogens with one attached hydrogen (secondary N) is 1. The number of amides is 1. The average Bonchev–Trinajstić information content (AvgIpc) is 3.33. The van der Waals surface area contributed by atoms with Crippen LogP contribution in [0.25, 0.3) is 0 Å². The molecule has 3 rings (SSSR count). The maximum absolute atomic E-state index is 12.0. The molecule has 2 aliphatic rings. The normalized spacial score (nSPS) is 24.5. The van der Waals surface area contributed by atoms with Crippen molar-refractivity contribution in [3.63, 3.8) is 0 Å². The van der Waals surface area contributed by atoms with Gasteiger partial charge in [-0.25, -0.2) is 0 Å². The largest absolute Gasteiger partial charge is 0.345 e. The molecule has 0 aromatic heterocycles. The van der Waals surface area contributed by atoms with Crippen LogP contribution in [0.2, 0.25) is 5.02 Å². The molecule has 0 radical (unpaired) electrons. The Labute approximate surface area is 148 Å². The van der Waals surface area contributed by atoms with Gasteiger partial charge >= 0.3 is 0 Å². The molecule has 0 bridgehead atoms. The Morgan fingerprint density at radius 1 is 1.35 bits per heavy atom. The number of hydrogen-bond donors (Lipinski definition) is 1. The monoisotopic (exact) mass is 352 g/mol. The number of nitrogens with zero attached hydrogens (tertiary/aromatic N) is 1. The highest BCUT2D eigenvalue weighted by molar-refractivity contribution is 7.99. The minimum absolute atomic E-state index is 0.0419. The van der Waals surface area contributed by atoms with Crippen molar-refractivity contribution >= 4 is 29.3 Å². The van der Waals surface area contributed by atoms with E-state index in [1.54, 1.807) is 19.0 Å². The van der Waals surface area contributed by atoms with Gasteiger partial charge in [-0.3, -0.25) is 4.79 Å². The van der Waals surface area contributed by atoms with E-state index in [0.717, 1.165) is 17.8 Å². The van der Waals surface area contributed by atoms with Crippen LogP contribution < -0.4 is 5.32 Å². The van der Waals surface area contributed by atoms with Gasteiger partial charge in [-0.05, 0) is 68.3 Å². The second-order valence-corrected chi connectivity index (χ2v) is 8.40. The SMILES string of the molecule is CN(C)C(=O)c1ccc(SC[C@@H]2C[C@@H]2C2CCNCC2)cc1Cl. The molecule has 2 fully saturated rings. The summed E-state index contributed by atoms with van der Waals surface area (Å²) in [5, 5.41) is 4.00. The number of carbonyl (C=O) groups excluding carboxylic acids is 1. The van der Waals surface area contributed by atoms with Crippen molar-refractivity contribution < 1.29 is 4.79 Å². The number of thioether (sulfide) groups is 1. The fourth-order valence-electron chi connectivity index (χ4n) is 3.52. The lowest BCUT2D eigenvalue weighted by Crippen LogP contribution is -2.29. The first-order valence-electron chi connectivity index (χ1n) is 8.41. The van der Waals surface area contributed by atoms with Gasteiger partial charge < -0.3 is 10.2 Å². The van der Waals surface area contributed by atoms with Crippen LogP contribution >= 0.6 is 23.4 Å². The molecular weight excluding hydrogens is 328 g/mol. The molecule has 1 saturated heterocycles. The summed E-state index contributed by atoms with van der Waals surface area (Å²) in [4.78, 5) is 14.7. The number of halogens is 1. The summed E-state index contributed by atoms with van der Waals surface area (Å²) in [5.74, 6) is 3.87. The summed E-state index contributed by atoms with van der Waals surface area (Å²) in [6, 6.07) is 5.81. The van der Waals surface area contributed by atoms with E-state index in [4.69, 9.17) is 11.6 Å². The van der Waals surface area contributed by atoms with Gasteiger partial charge in [0.1, 0.15) is 0 Å². The molecule has 1 aliphatic carbocycles. The highest BCUT2D eigenvalue weighted by Gasteiger charge is 2.42. The summed E-state index contributed by atoms with van der Waals surface area (Å²) >= 11 is 8.16. The van der Waals surface area contributed by atoms with Gasteiger partial charge in [0, 0.05) is 24.7 Å². The van der Waals surface area contributed by atoms with Crippen molar-refractivity contribution in [3.05, 3.63) is 28.8 Å². The zero-order valence-corrected chi connectivity index (χ0v) is 15.4. The van der Waals surface area contributed by atoms with E-state index >= 15 is 0 Å². The molecule has 1 aromatic carbocycles. The molecule has 1 amide bonds. The first-order chi connectivity index (χ1) is 11.1. The Morgan fingerprint density at radius 2 is 2.09 bits per heavy atom. The maximum Gasteiger partial charge on any atom is 0.254 e. The maximum atomic E-state index is 12.0. The highest BCUT2D eigenvalue weighted by Crippen LogP contribution is 2.49. The van der Waals surface area contributed by atoms with Crippen LogP contribution in [-0.2, 0) is 0 Å². The van der Waals surface area contributed by atoms with Crippen LogP contribution in [0.15, 0.2) is 23.1 Å². The predicted molar refractivity (Wildman–Crippen MR) is 97.4 cm³/mol. The van der Waals surface area contributed by atoms with Gasteiger partial charge in [0.25, 0.3) is 5.91 Å². The predicted octanol–water partition coefficient (Wildman–Crippen LogP) is 3.77. The first-order valence-corrected chi connectivity index (χ1v) is 9.77. The van der Waals surface area contributed by atoms with E-state index in [1.807, 2.05) is 30.0 Å². The van der Waals surface area contributed by atoms with Crippen molar-refractivity contribution in [2.75, 3.05) is 32.9 Å². The lowest BCUT2D eigenvalue weighted by molar-refractivity contribution is 0.0827. The molecule has 2 atom stereocenters. The number of piperidine rings is 1. The third-order valence-corrected chi connectivity index (χ3v) is 6.50. The van der Waals surface area contributed by atoms with Crippen LogP contribution in [0.4, 0.5) is 0 Å². The van der Waals surface area contributed by atoms with Gasteiger partial charge in [-0.1, -0.05) is 11.6 Å². The molecule has 1 aliphatic heterocycles. The Kier molecular flexibility index (Phi) is 5.55. The van der Waals surface area contributed by atoms with E-state index in [2.05, 4.69) is 5.32 Å². The number of carbonyl (C=O) groups is 1. The molecule has 0 spiro atoms. The van der Waals surface area contributed by atoms with Gasteiger partial charge in [-0.15, -0.1) is 11.8 Å². The lowest BCUT2D eigenvalue weighted by Gasteiger charge is -2.22. The van der Waals surface area contributed by atoms with Crippen LogP contribution in [-0.4, -0.2) is 43.7 Å². The molecule has 1 heterocycles. The van der Waals surface area contributed by atoms with E-state index in [9.17, 15) is 4.79 Å². The van der Waals surface area contributed by atoms with Crippen LogP contribution in [0.3, 0.4) is 0 Å². The van der Waals surface area contributed by atoms with Gasteiger partial charge in [-0.2, -0.15) is 0 Å². The topological polar surface area (TPSA) is 32.3 Å². The van der Waals surface area contributed by atoms with Gasteiger partial charge in [0.15, 0.2) is 0 Å². The van der Waals surface area contributed by atoms with Crippen molar-refractivity contribution in [1.82, 2.24) is 10.2 Å². The molecule has 1 aromatic rings. The minimum Gasteiger partial charge on any atom is -0.345 e. The minimum atomic E-state index is -0.0419. The summed E-state index contributed by atoms with van der Waals surface area (Å²) in [7, 11) is 3.49. The second-order valence-electron chi connectivity index (χ2n) is 6.90. The lowest BCUT2D eigenvalue weighted by atomic mass is 9.92. The van der Waals surface area contributed by atoms with Crippen molar-refractivity contribution in [2.24, 2.45) is 17.8 Å². The molecule has 126 valence electrons. The molecule has 5 heteroatoms. The zero-order chi connectivity index (χ0) is 16.4.